The van der Waals surface area contributed by atoms with Gasteiger partial charge in [-0.1, -0.05) is 26.7 Å². The molecule has 0 saturated heterocycles. The lowest BCUT2D eigenvalue weighted by molar-refractivity contribution is 0.0131. The van der Waals surface area contributed by atoms with Crippen LogP contribution < -0.4 is 5.90 Å². The molecule has 0 radical (unpaired) electrons. The van der Waals surface area contributed by atoms with Gasteiger partial charge in [-0.05, 0) is 0 Å². The Morgan fingerprint density at radius 3 is 2.00 bits per heavy atom. The minimum Gasteiger partial charge on any atom is -0.326 e. The maximum Gasteiger partial charge on any atom is 0.318 e. The highest BCUT2D eigenvalue weighted by Gasteiger charge is 1.85. The molecule has 0 amide bonds. The van der Waals surface area contributed by atoms with E-state index in [2.05, 4.69) is 29.1 Å². The summed E-state index contributed by atoms with van der Waals surface area (Å²) in [6.45, 7) is 4.02. The lowest BCUT2D eigenvalue weighted by atomic mass is 10.4. The van der Waals surface area contributed by atoms with Crippen LogP contribution in [0, 0.1) is 0 Å². The third-order valence-electron chi connectivity index (χ3n) is 0.750. The summed E-state index contributed by atoms with van der Waals surface area (Å²) in [6.07, 6.45) is 2.64. The second-order valence-corrected chi connectivity index (χ2v) is 2.52. The summed E-state index contributed by atoms with van der Waals surface area (Å²) in [4.78, 5) is 11.7. The van der Waals surface area contributed by atoms with Gasteiger partial charge in [0.2, 0.25) is 0 Å². The van der Waals surface area contributed by atoms with Crippen molar-refractivity contribution in [1.29, 1.82) is 0 Å². The standard InChI is InChI=1S/C4H10.CH6NO4P/c1-3-4-2;2-5-1-6-7(3)4/h3-4H2,1-2H3;7H,1-2H2,(H,3,4). The first kappa shape index (κ1) is 13.6. The van der Waals surface area contributed by atoms with Gasteiger partial charge in [0.15, 0.2) is 6.79 Å². The minimum atomic E-state index is -2.85. The Labute approximate surface area is 67.4 Å². The molecule has 5 nitrogen and oxygen atoms in total. The zero-order valence-corrected chi connectivity index (χ0v) is 7.87. The third-order valence-corrected chi connectivity index (χ3v) is 1.12. The summed E-state index contributed by atoms with van der Waals surface area (Å²) in [5.41, 5.74) is 0. The van der Waals surface area contributed by atoms with E-state index in [9.17, 15) is 4.57 Å². The molecule has 0 aliphatic rings. The van der Waals surface area contributed by atoms with Crippen LogP contribution >= 0.6 is 8.25 Å². The molecule has 0 aromatic heterocycles. The average Bonchev–Trinajstić information content (AvgIpc) is 2.01. The molecule has 6 heteroatoms. The van der Waals surface area contributed by atoms with Crippen LogP contribution in [0.4, 0.5) is 0 Å². The van der Waals surface area contributed by atoms with Crippen LogP contribution in [0.1, 0.15) is 26.7 Å². The fourth-order valence-corrected chi connectivity index (χ4v) is 0.253. The molecule has 70 valence electrons. The van der Waals surface area contributed by atoms with E-state index >= 15 is 0 Å². The van der Waals surface area contributed by atoms with Crippen molar-refractivity contribution in [2.45, 2.75) is 26.7 Å². The van der Waals surface area contributed by atoms with Crippen LogP contribution in [0.15, 0.2) is 0 Å². The quantitative estimate of drug-likeness (QED) is 0.388. The Balaban J connectivity index is 0. The van der Waals surface area contributed by atoms with Gasteiger partial charge in [-0.3, -0.25) is 13.9 Å². The summed E-state index contributed by atoms with van der Waals surface area (Å²) in [7, 11) is -2.85. The monoisotopic (exact) mass is 185 g/mol. The van der Waals surface area contributed by atoms with Gasteiger partial charge in [-0.25, -0.2) is 5.90 Å². The first-order valence-corrected chi connectivity index (χ1v) is 4.62. The van der Waals surface area contributed by atoms with Crippen molar-refractivity contribution in [1.82, 2.24) is 0 Å². The maximum absolute atomic E-state index is 9.59. The molecule has 0 heterocycles. The molecule has 1 unspecified atom stereocenters. The van der Waals surface area contributed by atoms with Gasteiger partial charge in [-0.15, -0.1) is 0 Å². The normalized spacial score (nSPS) is 11.6. The van der Waals surface area contributed by atoms with Crippen molar-refractivity contribution < 1.29 is 18.8 Å². The lowest BCUT2D eigenvalue weighted by Gasteiger charge is -1.92. The summed E-state index contributed by atoms with van der Waals surface area (Å²) in [5, 5.41) is 0. The zero-order chi connectivity index (χ0) is 9.11. The van der Waals surface area contributed by atoms with Crippen molar-refractivity contribution in [3.8, 4) is 0 Å². The molecule has 3 N–H and O–H groups in total. The Kier molecular flexibility index (Phi) is 15.8. The Bertz CT molecular complexity index is 88.6. The zero-order valence-electron chi connectivity index (χ0n) is 6.87. The van der Waals surface area contributed by atoms with Gasteiger partial charge in [0.05, 0.1) is 0 Å². The van der Waals surface area contributed by atoms with Crippen LogP contribution in [0.25, 0.3) is 0 Å². The van der Waals surface area contributed by atoms with Crippen LogP contribution in [0.5, 0.6) is 0 Å². The molecular weight excluding hydrogens is 169 g/mol. The molecular formula is C5H16NO4P. The molecule has 1 atom stereocenters. The van der Waals surface area contributed by atoms with Crippen LogP contribution in [0.2, 0.25) is 0 Å². The third kappa shape index (κ3) is 25.5. The van der Waals surface area contributed by atoms with Gasteiger partial charge < -0.3 is 4.89 Å². The molecule has 11 heavy (non-hydrogen) atoms. The number of unbranched alkanes of at least 4 members (excludes halogenated alkanes) is 1. The Morgan fingerprint density at radius 1 is 1.45 bits per heavy atom. The van der Waals surface area contributed by atoms with Crippen LogP contribution in [-0.2, 0) is 13.9 Å². The Morgan fingerprint density at radius 2 is 1.91 bits per heavy atom. The highest BCUT2D eigenvalue weighted by Crippen LogP contribution is 2.12. The minimum absolute atomic E-state index is 0.339. The largest absolute Gasteiger partial charge is 0.326 e. The molecule has 0 aromatic rings. The summed E-state index contributed by atoms with van der Waals surface area (Å²) in [5.74, 6) is 4.42. The highest BCUT2D eigenvalue weighted by molar-refractivity contribution is 7.32. The highest BCUT2D eigenvalue weighted by atomic mass is 31.1. The van der Waals surface area contributed by atoms with Crippen molar-refractivity contribution in [2.75, 3.05) is 6.79 Å². The van der Waals surface area contributed by atoms with Gasteiger partial charge in [0.25, 0.3) is 0 Å². The number of nitrogens with two attached hydrogens (primary N) is 1. The van der Waals surface area contributed by atoms with E-state index in [1.54, 1.807) is 0 Å². The maximum atomic E-state index is 9.59. The van der Waals surface area contributed by atoms with Crippen molar-refractivity contribution in [3.63, 3.8) is 0 Å². The smallest absolute Gasteiger partial charge is 0.318 e. The van der Waals surface area contributed by atoms with E-state index in [4.69, 9.17) is 4.89 Å². The summed E-state index contributed by atoms with van der Waals surface area (Å²) < 4.78 is 13.5. The van der Waals surface area contributed by atoms with Gasteiger partial charge >= 0.3 is 8.25 Å². The molecule has 0 rings (SSSR count). The Hall–Kier alpha value is 0.0700. The van der Waals surface area contributed by atoms with E-state index in [0.29, 0.717) is 0 Å². The molecule has 0 spiro atoms. The lowest BCUT2D eigenvalue weighted by Crippen LogP contribution is -2.00. The molecule has 0 aromatic carbocycles. The van der Waals surface area contributed by atoms with Crippen molar-refractivity contribution in [2.24, 2.45) is 5.90 Å². The van der Waals surface area contributed by atoms with Gasteiger partial charge in [0, 0.05) is 0 Å². The van der Waals surface area contributed by atoms with E-state index in [1.165, 1.54) is 12.8 Å². The first-order chi connectivity index (χ1) is 5.18. The molecule has 0 aliphatic carbocycles. The van der Waals surface area contributed by atoms with Crippen molar-refractivity contribution in [3.05, 3.63) is 0 Å². The number of rotatable bonds is 4. The topological polar surface area (TPSA) is 81.8 Å². The van der Waals surface area contributed by atoms with E-state index < -0.39 is 8.25 Å². The first-order valence-electron chi connectivity index (χ1n) is 3.36. The SMILES string of the molecule is CCCC.NOCO[PH](=O)O. The molecule has 0 fully saturated rings. The van der Waals surface area contributed by atoms with Crippen molar-refractivity contribution >= 4 is 8.25 Å². The van der Waals surface area contributed by atoms with Gasteiger partial charge in [-0.2, -0.15) is 0 Å². The summed E-state index contributed by atoms with van der Waals surface area (Å²) in [6, 6.07) is 0. The van der Waals surface area contributed by atoms with Gasteiger partial charge in [0.1, 0.15) is 0 Å². The number of hydrogen-bond acceptors (Lipinski definition) is 4. The predicted molar refractivity (Wildman–Crippen MR) is 43.0 cm³/mol. The fraction of sp³-hybridized carbons (Fsp3) is 1.00. The van der Waals surface area contributed by atoms with E-state index in [-0.39, 0.29) is 6.79 Å². The van der Waals surface area contributed by atoms with Crippen LogP contribution in [-0.4, -0.2) is 11.7 Å². The second-order valence-electron chi connectivity index (χ2n) is 1.69. The predicted octanol–water partition coefficient (Wildman–Crippen LogP) is 1.04. The summed E-state index contributed by atoms with van der Waals surface area (Å²) >= 11 is 0. The second kappa shape index (κ2) is 12.7. The van der Waals surface area contributed by atoms with E-state index in [1.807, 2.05) is 0 Å². The molecule has 0 aliphatic heterocycles. The number of hydrogen-bond donors (Lipinski definition) is 2. The fourth-order valence-electron chi connectivity index (χ4n) is 0.0844. The van der Waals surface area contributed by atoms with Crippen LogP contribution in [0.3, 0.4) is 0 Å². The average molecular weight is 185 g/mol. The molecule has 0 saturated carbocycles. The van der Waals surface area contributed by atoms with E-state index in [0.717, 1.165) is 0 Å². The molecule has 0 bridgehead atoms.